The van der Waals surface area contributed by atoms with Gasteiger partial charge in [-0.25, -0.2) is 4.79 Å². The van der Waals surface area contributed by atoms with E-state index in [4.69, 9.17) is 9.47 Å². The number of esters is 1. The maximum Gasteiger partial charge on any atom is 0.336 e. The molecule has 42 heavy (non-hydrogen) atoms. The molecular formula is C29H34N8O5. The molecule has 1 atom stereocenters. The highest BCUT2D eigenvalue weighted by molar-refractivity contribution is 5.97. The van der Waals surface area contributed by atoms with Gasteiger partial charge in [0.25, 0.3) is 5.69 Å². The normalized spacial score (nSPS) is 17.7. The van der Waals surface area contributed by atoms with Gasteiger partial charge in [-0.05, 0) is 36.8 Å². The van der Waals surface area contributed by atoms with E-state index in [-0.39, 0.29) is 12.3 Å². The summed E-state index contributed by atoms with van der Waals surface area (Å²) in [5.41, 5.74) is 3.84. The lowest BCUT2D eigenvalue weighted by molar-refractivity contribution is -0.384. The molecule has 3 heterocycles. The van der Waals surface area contributed by atoms with Gasteiger partial charge in [0.1, 0.15) is 12.4 Å². The number of anilines is 1. The number of rotatable bonds is 9. The van der Waals surface area contributed by atoms with Crippen LogP contribution in [0.2, 0.25) is 0 Å². The highest BCUT2D eigenvalue weighted by Crippen LogP contribution is 2.43. The smallest absolute Gasteiger partial charge is 0.336 e. The summed E-state index contributed by atoms with van der Waals surface area (Å²) in [5, 5.41) is 27.4. The minimum atomic E-state index is -0.688. The van der Waals surface area contributed by atoms with Crippen LogP contribution < -0.4 is 15.0 Å². The fourth-order valence-electron chi connectivity index (χ4n) is 5.55. The molecular weight excluding hydrogens is 540 g/mol. The van der Waals surface area contributed by atoms with E-state index >= 15 is 0 Å². The Morgan fingerprint density at radius 1 is 1.10 bits per heavy atom. The van der Waals surface area contributed by atoms with Crippen LogP contribution in [0.25, 0.3) is 5.57 Å². The minimum absolute atomic E-state index is 0.0761. The van der Waals surface area contributed by atoms with Gasteiger partial charge in [0.05, 0.1) is 30.3 Å². The molecule has 13 nitrogen and oxygen atoms in total. The lowest BCUT2D eigenvalue weighted by atomic mass is 9.80. The number of piperazine rings is 1. The SMILES string of the molecule is COc1ccccc1N1CCN(CCOC(=O)C2=C(C)NC(C)=C(c3nnn(C)n3)C2c2cccc([N+](=O)[O-])c2)CC1. The third-order valence-electron chi connectivity index (χ3n) is 7.58. The number of aromatic nitrogens is 4. The van der Waals surface area contributed by atoms with Gasteiger partial charge < -0.3 is 19.7 Å². The molecule has 0 aliphatic carbocycles. The maximum absolute atomic E-state index is 13.7. The number of aryl methyl sites for hydroxylation is 1. The van der Waals surface area contributed by atoms with Crippen LogP contribution in [0.4, 0.5) is 11.4 Å². The van der Waals surface area contributed by atoms with Crippen LogP contribution in [0, 0.1) is 10.1 Å². The van der Waals surface area contributed by atoms with Crippen molar-refractivity contribution in [3.8, 4) is 5.75 Å². The van der Waals surface area contributed by atoms with Gasteiger partial charge in [-0.2, -0.15) is 4.80 Å². The number of tetrazole rings is 1. The summed E-state index contributed by atoms with van der Waals surface area (Å²) in [6.45, 7) is 7.73. The molecule has 0 spiro atoms. The number of nitro benzene ring substituents is 1. The number of carbonyl (C=O) groups excluding carboxylic acids is 1. The summed E-state index contributed by atoms with van der Waals surface area (Å²) >= 11 is 0. The summed E-state index contributed by atoms with van der Waals surface area (Å²) in [4.78, 5) is 30.7. The third kappa shape index (κ3) is 5.96. The number of carbonyl (C=O) groups is 1. The Labute approximate surface area is 243 Å². The fourth-order valence-corrected chi connectivity index (χ4v) is 5.55. The second-order valence-electron chi connectivity index (χ2n) is 10.2. The van der Waals surface area contributed by atoms with E-state index in [0.29, 0.717) is 34.8 Å². The van der Waals surface area contributed by atoms with Gasteiger partial charge in [0.2, 0.25) is 5.82 Å². The first-order valence-electron chi connectivity index (χ1n) is 13.7. The number of nitrogens with zero attached hydrogens (tertiary/aromatic N) is 7. The molecule has 2 aliphatic heterocycles. The van der Waals surface area contributed by atoms with Crippen molar-refractivity contribution in [2.45, 2.75) is 19.8 Å². The van der Waals surface area contributed by atoms with Gasteiger partial charge >= 0.3 is 5.97 Å². The molecule has 0 radical (unpaired) electrons. The topological polar surface area (TPSA) is 141 Å². The first-order chi connectivity index (χ1) is 20.3. The van der Waals surface area contributed by atoms with Crippen LogP contribution in [0.15, 0.2) is 65.5 Å². The number of hydrogen-bond donors (Lipinski definition) is 1. The van der Waals surface area contributed by atoms with Crippen LogP contribution in [0.5, 0.6) is 5.75 Å². The first kappa shape index (κ1) is 28.7. The van der Waals surface area contributed by atoms with Gasteiger partial charge in [0, 0.05) is 67.7 Å². The molecule has 5 rings (SSSR count). The average molecular weight is 575 g/mol. The van der Waals surface area contributed by atoms with Crippen molar-refractivity contribution in [2.24, 2.45) is 7.05 Å². The summed E-state index contributed by atoms with van der Waals surface area (Å²) in [7, 11) is 3.33. The first-order valence-corrected chi connectivity index (χ1v) is 13.7. The molecule has 1 saturated heterocycles. The number of allylic oxidation sites excluding steroid dienone is 3. The van der Waals surface area contributed by atoms with E-state index < -0.39 is 16.8 Å². The molecule has 3 aromatic rings. The van der Waals surface area contributed by atoms with Gasteiger partial charge in [-0.15, -0.1) is 10.2 Å². The van der Waals surface area contributed by atoms with Crippen LogP contribution >= 0.6 is 0 Å². The quantitative estimate of drug-likeness (QED) is 0.229. The molecule has 220 valence electrons. The van der Waals surface area contributed by atoms with E-state index in [2.05, 4.69) is 36.6 Å². The van der Waals surface area contributed by atoms with Crippen molar-refractivity contribution in [1.29, 1.82) is 0 Å². The van der Waals surface area contributed by atoms with Crippen molar-refractivity contribution < 1.29 is 19.2 Å². The van der Waals surface area contributed by atoms with Gasteiger partial charge in [-0.1, -0.05) is 24.3 Å². The number of nitro groups is 1. The second-order valence-corrected chi connectivity index (χ2v) is 10.2. The summed E-state index contributed by atoms with van der Waals surface area (Å²) in [6, 6.07) is 14.2. The monoisotopic (exact) mass is 574 g/mol. The Balaban J connectivity index is 1.31. The standard InChI is InChI=1S/C29H34N8O5/c1-19-25(28-31-33-34(3)32-28)27(21-8-7-9-22(18-21)37(39)40)26(20(2)30-19)29(38)42-17-16-35-12-14-36(15-13-35)23-10-5-6-11-24(23)41-4/h5-11,18,27,30H,12-17H2,1-4H3. The van der Waals surface area contributed by atoms with Crippen LogP contribution in [0.1, 0.15) is 31.2 Å². The van der Waals surface area contributed by atoms with E-state index in [1.165, 1.54) is 16.9 Å². The zero-order valence-electron chi connectivity index (χ0n) is 24.1. The number of non-ortho nitro benzene ring substituents is 1. The lowest BCUT2D eigenvalue weighted by Crippen LogP contribution is -2.47. The van der Waals surface area contributed by atoms with E-state index in [1.54, 1.807) is 33.2 Å². The van der Waals surface area contributed by atoms with E-state index in [1.807, 2.05) is 25.1 Å². The van der Waals surface area contributed by atoms with E-state index in [9.17, 15) is 14.9 Å². The largest absolute Gasteiger partial charge is 0.495 e. The maximum atomic E-state index is 13.7. The molecule has 1 unspecified atom stereocenters. The fraction of sp³-hybridized carbons (Fsp3) is 0.379. The molecule has 0 amide bonds. The van der Waals surface area contributed by atoms with Gasteiger partial charge in [-0.3, -0.25) is 15.0 Å². The van der Waals surface area contributed by atoms with Crippen molar-refractivity contribution in [2.75, 3.05) is 51.3 Å². The van der Waals surface area contributed by atoms with Crippen molar-refractivity contribution in [3.63, 3.8) is 0 Å². The summed E-state index contributed by atoms with van der Waals surface area (Å²) in [5.74, 6) is -0.0155. The number of dihydropyridines is 1. The van der Waals surface area contributed by atoms with Crippen molar-refractivity contribution >= 4 is 22.9 Å². The van der Waals surface area contributed by atoms with Crippen molar-refractivity contribution in [1.82, 2.24) is 30.4 Å². The number of methoxy groups -OCH3 is 1. The Morgan fingerprint density at radius 2 is 1.86 bits per heavy atom. The molecule has 0 saturated carbocycles. The van der Waals surface area contributed by atoms with Crippen LogP contribution in [0.3, 0.4) is 0 Å². The van der Waals surface area contributed by atoms with E-state index in [0.717, 1.165) is 43.3 Å². The Bertz CT molecular complexity index is 1540. The molecule has 13 heteroatoms. The predicted octanol–water partition coefficient (Wildman–Crippen LogP) is 2.88. The number of benzene rings is 2. The number of hydrogen-bond acceptors (Lipinski definition) is 11. The number of ether oxygens (including phenoxy) is 2. The van der Waals surface area contributed by atoms with Gasteiger partial charge in [0.15, 0.2) is 0 Å². The molecule has 2 aromatic carbocycles. The molecule has 1 aromatic heterocycles. The Morgan fingerprint density at radius 3 is 2.55 bits per heavy atom. The molecule has 0 bridgehead atoms. The third-order valence-corrected chi connectivity index (χ3v) is 7.58. The predicted molar refractivity (Wildman–Crippen MR) is 156 cm³/mol. The highest BCUT2D eigenvalue weighted by atomic mass is 16.6. The van der Waals surface area contributed by atoms with Crippen LogP contribution in [-0.2, 0) is 16.6 Å². The van der Waals surface area contributed by atoms with Crippen LogP contribution in [-0.4, -0.2) is 82.4 Å². The summed E-state index contributed by atoms with van der Waals surface area (Å²) in [6.07, 6.45) is 0. The molecule has 2 aliphatic rings. The Hall–Kier alpha value is -4.78. The average Bonchev–Trinajstić information content (AvgIpc) is 3.42. The second kappa shape index (κ2) is 12.4. The highest BCUT2D eigenvalue weighted by Gasteiger charge is 2.37. The van der Waals surface area contributed by atoms with Crippen molar-refractivity contribution in [3.05, 3.63) is 87.0 Å². The zero-order chi connectivity index (χ0) is 29.8. The Kier molecular flexibility index (Phi) is 8.48. The number of para-hydroxylation sites is 2. The minimum Gasteiger partial charge on any atom is -0.495 e. The zero-order valence-corrected chi connectivity index (χ0v) is 24.1. The molecule has 1 fully saturated rings. The number of nitrogens with one attached hydrogen (secondary N) is 1. The molecule has 1 N–H and O–H groups in total. The lowest BCUT2D eigenvalue weighted by Gasteiger charge is -2.36. The summed E-state index contributed by atoms with van der Waals surface area (Å²) < 4.78 is 11.3.